The van der Waals surface area contributed by atoms with Crippen molar-refractivity contribution >= 4 is 0 Å². The van der Waals surface area contributed by atoms with Crippen molar-refractivity contribution in [1.82, 2.24) is 0 Å². The Bertz CT molecular complexity index is 1330. The van der Waals surface area contributed by atoms with E-state index in [1.807, 2.05) is 0 Å². The van der Waals surface area contributed by atoms with Gasteiger partial charge in [0.05, 0.1) is 44.2 Å². The van der Waals surface area contributed by atoms with Gasteiger partial charge < -0.3 is 74.4 Å². The van der Waals surface area contributed by atoms with E-state index in [2.05, 4.69) is 27.7 Å². The van der Waals surface area contributed by atoms with Crippen LogP contribution in [0.15, 0.2) is 0 Å². The molecule has 0 radical (unpaired) electrons. The molecule has 1 spiro atoms. The quantitative estimate of drug-likeness (QED) is 0.153. The lowest BCUT2D eigenvalue weighted by Crippen LogP contribution is -2.65. The normalized spacial score (nSPS) is 60.1. The minimum Gasteiger partial charge on any atom is -0.394 e. The predicted octanol–water partition coefficient (Wildman–Crippen LogP) is -0.616. The highest BCUT2D eigenvalue weighted by Crippen LogP contribution is 2.71. The molecule has 8 rings (SSSR count). The molecule has 8 fully saturated rings. The maximum atomic E-state index is 11.9. The van der Waals surface area contributed by atoms with Crippen LogP contribution in [0.4, 0.5) is 0 Å². The first-order chi connectivity index (χ1) is 25.6. The molecular weight excluding hydrogens is 708 g/mol. The summed E-state index contributed by atoms with van der Waals surface area (Å²) in [5, 5.41) is 96.4. The van der Waals surface area contributed by atoms with E-state index in [0.717, 1.165) is 38.7 Å². The molecule has 24 atom stereocenters. The lowest BCUT2D eigenvalue weighted by Gasteiger charge is -2.63. The summed E-state index contributed by atoms with van der Waals surface area (Å²) >= 11 is 0. The lowest BCUT2D eigenvalue weighted by molar-refractivity contribution is -0.367. The molecule has 0 aromatic carbocycles. The van der Waals surface area contributed by atoms with E-state index in [-0.39, 0.29) is 22.9 Å². The van der Waals surface area contributed by atoms with Gasteiger partial charge in [-0.25, -0.2) is 0 Å². The van der Waals surface area contributed by atoms with Crippen molar-refractivity contribution in [2.24, 2.45) is 52.3 Å². The van der Waals surface area contributed by atoms with Crippen LogP contribution >= 0.6 is 0 Å². The third-order valence-corrected chi connectivity index (χ3v) is 16.2. The van der Waals surface area contributed by atoms with Crippen LogP contribution in [0, 0.1) is 52.3 Å². The van der Waals surface area contributed by atoms with Crippen molar-refractivity contribution in [3.63, 3.8) is 0 Å². The van der Waals surface area contributed by atoms with Crippen molar-refractivity contribution in [3.05, 3.63) is 0 Å². The van der Waals surface area contributed by atoms with E-state index in [0.29, 0.717) is 54.8 Å². The Hall–Kier alpha value is -0.600. The van der Waals surface area contributed by atoms with Gasteiger partial charge in [-0.1, -0.05) is 27.7 Å². The summed E-state index contributed by atoms with van der Waals surface area (Å²) in [5.74, 6) is 1.55. The Labute approximate surface area is 316 Å². The van der Waals surface area contributed by atoms with Crippen molar-refractivity contribution in [2.45, 2.75) is 171 Å². The summed E-state index contributed by atoms with van der Waals surface area (Å²) in [6.07, 6.45) is -11.6. The molecule has 0 amide bonds. The van der Waals surface area contributed by atoms with Crippen LogP contribution in [0.2, 0.25) is 0 Å². The lowest BCUT2D eigenvalue weighted by atomic mass is 9.43. The maximum absolute atomic E-state index is 11.9. The number of hydrogen-bond acceptors (Lipinski definition) is 15. The summed E-state index contributed by atoms with van der Waals surface area (Å²) in [6, 6.07) is 0. The first kappa shape index (κ1) is 40.2. The molecule has 0 bridgehead atoms. The zero-order chi connectivity index (χ0) is 38.6. The van der Waals surface area contributed by atoms with Gasteiger partial charge in [0, 0.05) is 12.3 Å². The smallest absolute Gasteiger partial charge is 0.187 e. The van der Waals surface area contributed by atoms with Crippen molar-refractivity contribution < 1.29 is 74.4 Å². The summed E-state index contributed by atoms with van der Waals surface area (Å²) < 4.78 is 36.6. The van der Waals surface area contributed by atoms with Gasteiger partial charge in [0.15, 0.2) is 18.4 Å². The molecule has 0 aromatic rings. The average Bonchev–Trinajstić information content (AvgIpc) is 3.59. The van der Waals surface area contributed by atoms with Crippen LogP contribution in [-0.2, 0) is 28.4 Å². The predicted molar refractivity (Wildman–Crippen MR) is 186 cm³/mol. The Morgan fingerprint density at radius 3 is 2.04 bits per heavy atom. The number of aliphatic hydroxyl groups excluding tert-OH is 9. The second kappa shape index (κ2) is 14.6. The van der Waals surface area contributed by atoms with Gasteiger partial charge in [-0.05, 0) is 91.3 Å². The molecule has 4 saturated carbocycles. The van der Waals surface area contributed by atoms with E-state index in [1.165, 1.54) is 0 Å². The average molecular weight is 773 g/mol. The number of rotatable bonds is 6. The highest BCUT2D eigenvalue weighted by molar-refractivity contribution is 5.17. The zero-order valence-electron chi connectivity index (χ0n) is 31.9. The second-order valence-electron chi connectivity index (χ2n) is 19.0. The van der Waals surface area contributed by atoms with E-state index in [1.54, 1.807) is 0 Å². The fourth-order valence-electron chi connectivity index (χ4n) is 13.3. The molecule has 0 aromatic heterocycles. The number of fused-ring (bicyclic) bond motifs is 7. The molecule has 4 aliphatic heterocycles. The molecule has 4 aliphatic carbocycles. The van der Waals surface area contributed by atoms with Gasteiger partial charge in [0.2, 0.25) is 0 Å². The van der Waals surface area contributed by atoms with Crippen LogP contribution in [0.1, 0.15) is 79.1 Å². The van der Waals surface area contributed by atoms with Gasteiger partial charge in [-0.15, -0.1) is 0 Å². The molecule has 7 unspecified atom stereocenters. The number of hydrogen-bond donors (Lipinski definition) is 9. The Morgan fingerprint density at radius 2 is 1.35 bits per heavy atom. The molecule has 15 heteroatoms. The van der Waals surface area contributed by atoms with Gasteiger partial charge in [-0.2, -0.15) is 0 Å². The standard InChI is InChI=1S/C39H64O15/c1-16-5-8-39(49-15-16)17(2)28-25(54-39)10-20-18-9-22(42)21-11-24(23(43)12-38(21,4)19(18)6-7-37(20,28)3)50-35-33(48)31(46)34(27(14-41)52-35)53-36-32(47)30(45)29(44)26(13-40)51-36/h16-36,40-48H,5-15H2,1-4H3/t16-,17?,18?,19?,20?,21-,22-,23-,24-,25?,26-,27-,28?,29+,30+,31-,32-,33-,34-,35-,36-,37+,38-,39?/m1/s1. The molecule has 4 saturated heterocycles. The van der Waals surface area contributed by atoms with E-state index < -0.39 is 98.7 Å². The Kier molecular flexibility index (Phi) is 10.9. The summed E-state index contributed by atoms with van der Waals surface area (Å²) in [6.45, 7) is 8.57. The third-order valence-electron chi connectivity index (χ3n) is 16.2. The van der Waals surface area contributed by atoms with Crippen LogP contribution in [-0.4, -0.2) is 157 Å². The molecular formula is C39H64O15. The van der Waals surface area contributed by atoms with Gasteiger partial charge in [0.1, 0.15) is 48.8 Å². The third kappa shape index (κ3) is 6.18. The fourth-order valence-corrected chi connectivity index (χ4v) is 13.3. The van der Waals surface area contributed by atoms with Crippen LogP contribution in [0.25, 0.3) is 0 Å². The summed E-state index contributed by atoms with van der Waals surface area (Å²) in [5.41, 5.74) is -0.285. The SMILES string of the molecule is CC1C2C(CC3C4C[C@@H](O)[C@H]5C[C@@H](O[C@@H]6O[C@H](CO)[C@@H](O[C@H]7O[C@H](CO)[C@H](O)[C@H](O)[C@H]7O)[C@H](O)[C@H]6O)[C@H](O)C[C@]5(C)C4CC[C@@]32C)OC12CC[C@@H](C)CO2. The first-order valence-corrected chi connectivity index (χ1v) is 20.5. The zero-order valence-corrected chi connectivity index (χ0v) is 31.9. The monoisotopic (exact) mass is 772 g/mol. The van der Waals surface area contributed by atoms with E-state index in [4.69, 9.17) is 28.4 Å². The Balaban J connectivity index is 0.931. The largest absolute Gasteiger partial charge is 0.394 e. The van der Waals surface area contributed by atoms with Crippen LogP contribution < -0.4 is 0 Å². The topological polar surface area (TPSA) is 237 Å². The van der Waals surface area contributed by atoms with Gasteiger partial charge >= 0.3 is 0 Å². The van der Waals surface area contributed by atoms with Crippen molar-refractivity contribution in [1.29, 1.82) is 0 Å². The number of aliphatic hydroxyl groups is 9. The maximum Gasteiger partial charge on any atom is 0.187 e. The number of ether oxygens (including phenoxy) is 6. The molecule has 8 aliphatic rings. The van der Waals surface area contributed by atoms with Crippen molar-refractivity contribution in [2.75, 3.05) is 19.8 Å². The summed E-state index contributed by atoms with van der Waals surface area (Å²) in [7, 11) is 0. The van der Waals surface area contributed by atoms with Crippen LogP contribution in [0.5, 0.6) is 0 Å². The molecule has 9 N–H and O–H groups in total. The van der Waals surface area contributed by atoms with Crippen molar-refractivity contribution in [3.8, 4) is 0 Å². The van der Waals surface area contributed by atoms with Crippen LogP contribution in [0.3, 0.4) is 0 Å². The van der Waals surface area contributed by atoms with Gasteiger partial charge in [-0.3, -0.25) is 0 Å². The molecule has 310 valence electrons. The van der Waals surface area contributed by atoms with E-state index >= 15 is 0 Å². The van der Waals surface area contributed by atoms with E-state index in [9.17, 15) is 46.0 Å². The first-order valence-electron chi connectivity index (χ1n) is 20.5. The highest BCUT2D eigenvalue weighted by atomic mass is 16.7. The molecule has 4 heterocycles. The minimum atomic E-state index is -1.77. The van der Waals surface area contributed by atoms with Gasteiger partial charge in [0.25, 0.3) is 0 Å². The second-order valence-corrected chi connectivity index (χ2v) is 19.0. The molecule has 15 nitrogen and oxygen atoms in total. The Morgan fingerprint density at radius 1 is 0.667 bits per heavy atom. The highest BCUT2D eigenvalue weighted by Gasteiger charge is 2.70. The fraction of sp³-hybridized carbons (Fsp3) is 1.00. The summed E-state index contributed by atoms with van der Waals surface area (Å²) in [4.78, 5) is 0. The molecule has 54 heavy (non-hydrogen) atoms. The minimum absolute atomic E-state index is 0.0753.